The minimum absolute atomic E-state index is 0.0373. The number of aliphatic carboxylic acids is 1. The number of carbonyl (C=O) groups is 4. The van der Waals surface area contributed by atoms with Gasteiger partial charge in [-0.3, -0.25) is 14.4 Å². The lowest BCUT2D eigenvalue weighted by atomic mass is 9.87. The zero-order valence-electron chi connectivity index (χ0n) is 28.0. The lowest BCUT2D eigenvalue weighted by molar-refractivity contribution is -0.143. The second-order valence-corrected chi connectivity index (χ2v) is 11.5. The van der Waals surface area contributed by atoms with Gasteiger partial charge < -0.3 is 39.1 Å². The van der Waals surface area contributed by atoms with Crippen molar-refractivity contribution in [1.29, 1.82) is 0 Å². The Morgan fingerprint density at radius 2 is 1.63 bits per heavy atom. The Bertz CT molecular complexity index is 1970. The van der Waals surface area contributed by atoms with Gasteiger partial charge in [-0.15, -0.1) is 0 Å². The third-order valence-corrected chi connectivity index (χ3v) is 8.09. The number of benzene rings is 3. The number of nitrogens with zero attached hydrogens (tertiary/aromatic N) is 1. The Labute approximate surface area is 294 Å². The van der Waals surface area contributed by atoms with Crippen LogP contribution in [0.5, 0.6) is 11.5 Å². The zero-order valence-corrected chi connectivity index (χ0v) is 28.0. The number of hydrogen-bond donors (Lipinski definition) is 3. The summed E-state index contributed by atoms with van der Waals surface area (Å²) in [5, 5.41) is 23.5. The average Bonchev–Trinajstić information content (AvgIpc) is 3.81. The Balaban J connectivity index is 1.53. The highest BCUT2D eigenvalue weighted by Gasteiger charge is 2.34. The van der Waals surface area contributed by atoms with E-state index < -0.39 is 53.5 Å². The lowest BCUT2D eigenvalue weighted by Gasteiger charge is -2.34. The number of carbonyl (C=O) groups excluding carboxylic acids is 3. The van der Waals surface area contributed by atoms with E-state index in [1.807, 2.05) is 30.3 Å². The van der Waals surface area contributed by atoms with Gasteiger partial charge in [-0.2, -0.15) is 0 Å². The fourth-order valence-electron chi connectivity index (χ4n) is 5.50. The molecule has 3 aromatic carbocycles. The predicted molar refractivity (Wildman–Crippen MR) is 185 cm³/mol. The number of para-hydroxylation sites is 1. The highest BCUT2D eigenvalue weighted by molar-refractivity contribution is 6.03. The quantitative estimate of drug-likeness (QED) is 0.0685. The van der Waals surface area contributed by atoms with Crippen LogP contribution < -0.4 is 14.8 Å². The number of fused-ring (bicyclic) bond motifs is 1. The molecule has 12 nitrogen and oxygen atoms in total. The first-order valence-electron chi connectivity index (χ1n) is 16.1. The predicted octanol–water partition coefficient (Wildman–Crippen LogP) is 5.71. The molecule has 4 aromatic rings. The molecule has 1 aliphatic heterocycles. The number of furan rings is 1. The summed E-state index contributed by atoms with van der Waals surface area (Å²) >= 11 is 0. The van der Waals surface area contributed by atoms with Crippen LogP contribution in [0.15, 0.2) is 107 Å². The number of esters is 1. The van der Waals surface area contributed by atoms with Crippen molar-refractivity contribution < 1.29 is 48.0 Å². The molecule has 2 unspecified atom stereocenters. The SMILES string of the molecule is CCOC(=O)C(CC(=O)O)=C(O)C(=O)N(CC#Cc1ccccc1)C(C)C(Cc1ccc(C(=O)Nc2ccccc2)o1)c1ccc2c(c1)OCO2. The first-order valence-corrected chi connectivity index (χ1v) is 16.1. The van der Waals surface area contributed by atoms with Crippen LogP contribution in [0.2, 0.25) is 0 Å². The van der Waals surface area contributed by atoms with Gasteiger partial charge in [0.15, 0.2) is 23.0 Å². The van der Waals surface area contributed by atoms with Crippen LogP contribution in [-0.4, -0.2) is 64.9 Å². The van der Waals surface area contributed by atoms with Crippen LogP contribution in [0.25, 0.3) is 0 Å². The zero-order chi connectivity index (χ0) is 36.3. The standard InChI is InChI=1S/C39H36N2O10/c1-3-48-39(47)31(23-35(42)43)36(44)38(46)41(20-10-13-26-11-6-4-7-12-26)25(2)30(27-16-18-32-34(21-27)50-24-49-32)22-29-17-19-33(51-29)37(45)40-28-14-8-5-9-15-28/h4-9,11-12,14-19,21,25,30,44H,3,20,22-24H2,1-2H3,(H,40,45)(H,42,43). The Hall–Kier alpha value is -6.48. The van der Waals surface area contributed by atoms with E-state index in [4.69, 9.17) is 18.6 Å². The molecule has 0 fully saturated rings. The number of nitrogens with one attached hydrogen (secondary N) is 1. The van der Waals surface area contributed by atoms with Crippen molar-refractivity contribution in [3.8, 4) is 23.3 Å². The molecule has 1 aromatic heterocycles. The highest BCUT2D eigenvalue weighted by Crippen LogP contribution is 2.38. The molecule has 0 saturated carbocycles. The first kappa shape index (κ1) is 35.8. The summed E-state index contributed by atoms with van der Waals surface area (Å²) in [6.07, 6.45) is -0.778. The summed E-state index contributed by atoms with van der Waals surface area (Å²) in [5.41, 5.74) is 1.28. The minimum atomic E-state index is -1.44. The summed E-state index contributed by atoms with van der Waals surface area (Å²) in [7, 11) is 0. The number of rotatable bonds is 13. The van der Waals surface area contributed by atoms with Crippen LogP contribution in [-0.2, 0) is 25.5 Å². The van der Waals surface area contributed by atoms with Gasteiger partial charge in [0.05, 0.1) is 25.1 Å². The normalized spacial score (nSPS) is 13.1. The molecular formula is C39H36N2O10. The number of carboxylic acid groups (broad SMARTS) is 1. The van der Waals surface area contributed by atoms with Gasteiger partial charge in [0.2, 0.25) is 6.79 Å². The largest absolute Gasteiger partial charge is 0.503 e. The van der Waals surface area contributed by atoms with Crippen LogP contribution in [0, 0.1) is 11.8 Å². The molecule has 2 atom stereocenters. The number of anilines is 1. The number of amides is 2. The maximum Gasteiger partial charge on any atom is 0.338 e. The van der Waals surface area contributed by atoms with Gasteiger partial charge in [0.25, 0.3) is 11.8 Å². The molecule has 5 rings (SSSR count). The van der Waals surface area contributed by atoms with Gasteiger partial charge >= 0.3 is 11.9 Å². The Kier molecular flexibility index (Phi) is 11.8. The van der Waals surface area contributed by atoms with Gasteiger partial charge in [-0.1, -0.05) is 54.3 Å². The number of hydrogen-bond acceptors (Lipinski definition) is 9. The third kappa shape index (κ3) is 9.16. The number of aliphatic hydroxyl groups is 1. The fraction of sp³-hybridized carbons (Fsp3) is 0.231. The van der Waals surface area contributed by atoms with Crippen LogP contribution in [0.4, 0.5) is 5.69 Å². The van der Waals surface area contributed by atoms with E-state index >= 15 is 0 Å². The van der Waals surface area contributed by atoms with Crippen molar-refractivity contribution in [3.05, 3.63) is 125 Å². The first-order chi connectivity index (χ1) is 24.6. The van der Waals surface area contributed by atoms with Crippen LogP contribution in [0.3, 0.4) is 0 Å². The van der Waals surface area contributed by atoms with Crippen molar-refractivity contribution in [2.24, 2.45) is 0 Å². The maximum atomic E-state index is 14.1. The molecule has 262 valence electrons. The molecule has 0 bridgehead atoms. The molecule has 3 N–H and O–H groups in total. The summed E-state index contributed by atoms with van der Waals surface area (Å²) in [4.78, 5) is 52.7. The highest BCUT2D eigenvalue weighted by atomic mass is 16.7. The summed E-state index contributed by atoms with van der Waals surface area (Å²) in [5.74, 6) is 1.81. The second-order valence-electron chi connectivity index (χ2n) is 11.5. The summed E-state index contributed by atoms with van der Waals surface area (Å²) < 4.78 is 22.1. The minimum Gasteiger partial charge on any atom is -0.503 e. The molecule has 12 heteroatoms. The molecule has 2 amide bonds. The molecule has 1 aliphatic rings. The van der Waals surface area contributed by atoms with Crippen molar-refractivity contribution >= 4 is 29.4 Å². The van der Waals surface area contributed by atoms with Gasteiger partial charge in [0.1, 0.15) is 5.76 Å². The van der Waals surface area contributed by atoms with E-state index in [1.165, 1.54) is 11.8 Å². The topological polar surface area (TPSA) is 165 Å². The van der Waals surface area contributed by atoms with E-state index in [9.17, 15) is 29.4 Å². The monoisotopic (exact) mass is 692 g/mol. The Morgan fingerprint density at radius 1 is 0.922 bits per heavy atom. The summed E-state index contributed by atoms with van der Waals surface area (Å²) in [6, 6.07) is 25.7. The third-order valence-electron chi connectivity index (χ3n) is 8.09. The lowest BCUT2D eigenvalue weighted by Crippen LogP contribution is -2.44. The maximum absolute atomic E-state index is 14.1. The van der Waals surface area contributed by atoms with Crippen molar-refractivity contribution in [1.82, 2.24) is 4.90 Å². The van der Waals surface area contributed by atoms with Crippen molar-refractivity contribution in [2.45, 2.75) is 38.6 Å². The van der Waals surface area contributed by atoms with E-state index in [0.29, 0.717) is 34.1 Å². The molecule has 0 saturated heterocycles. The smallest absolute Gasteiger partial charge is 0.338 e. The fourth-order valence-corrected chi connectivity index (χ4v) is 5.50. The number of aliphatic hydroxyl groups excluding tert-OH is 1. The second kappa shape index (κ2) is 16.8. The van der Waals surface area contributed by atoms with Crippen LogP contribution >= 0.6 is 0 Å². The molecule has 51 heavy (non-hydrogen) atoms. The van der Waals surface area contributed by atoms with Gasteiger partial charge in [-0.05, 0) is 67.9 Å². The van der Waals surface area contributed by atoms with Crippen molar-refractivity contribution in [3.63, 3.8) is 0 Å². The van der Waals surface area contributed by atoms with E-state index in [2.05, 4.69) is 17.2 Å². The molecule has 0 aliphatic carbocycles. The van der Waals surface area contributed by atoms with Gasteiger partial charge in [0, 0.05) is 29.6 Å². The number of ether oxygens (including phenoxy) is 3. The van der Waals surface area contributed by atoms with Gasteiger partial charge in [-0.25, -0.2) is 4.79 Å². The van der Waals surface area contributed by atoms with E-state index in [-0.39, 0.29) is 32.1 Å². The molecule has 2 heterocycles. The number of carboxylic acids is 1. The molecule has 0 radical (unpaired) electrons. The van der Waals surface area contributed by atoms with E-state index in [1.54, 1.807) is 67.6 Å². The average molecular weight is 693 g/mol. The van der Waals surface area contributed by atoms with E-state index in [0.717, 1.165) is 0 Å². The van der Waals surface area contributed by atoms with Crippen molar-refractivity contribution in [2.75, 3.05) is 25.3 Å². The Morgan fingerprint density at radius 3 is 2.33 bits per heavy atom. The molecular weight excluding hydrogens is 656 g/mol. The van der Waals surface area contributed by atoms with Crippen LogP contribution in [0.1, 0.15) is 53.6 Å². The molecule has 0 spiro atoms. The summed E-state index contributed by atoms with van der Waals surface area (Å²) in [6.45, 7) is 2.97.